The van der Waals surface area contributed by atoms with Gasteiger partial charge >= 0.3 is 6.09 Å². The van der Waals surface area contributed by atoms with E-state index in [-0.39, 0.29) is 35.9 Å². The van der Waals surface area contributed by atoms with Crippen molar-refractivity contribution >= 4 is 17.9 Å². The second kappa shape index (κ2) is 7.39. The Morgan fingerprint density at radius 2 is 1.65 bits per heavy atom. The number of alkyl carbamates (subject to hydrolysis) is 1. The third kappa shape index (κ3) is 3.92. The van der Waals surface area contributed by atoms with Crippen LogP contribution in [0.3, 0.4) is 0 Å². The molecular weight excluding hydrogens is 336 g/mol. The van der Waals surface area contributed by atoms with E-state index in [0.717, 1.165) is 25.7 Å². The van der Waals surface area contributed by atoms with Crippen LogP contribution in [-0.4, -0.2) is 53.7 Å². The molecule has 0 spiro atoms. The smallest absolute Gasteiger partial charge is 0.407 e. The van der Waals surface area contributed by atoms with Gasteiger partial charge in [-0.25, -0.2) is 4.79 Å². The average molecular weight is 364 g/mol. The Balaban J connectivity index is 1.30. The van der Waals surface area contributed by atoms with E-state index in [2.05, 4.69) is 5.32 Å². The van der Waals surface area contributed by atoms with E-state index < -0.39 is 11.7 Å². The van der Waals surface area contributed by atoms with Crippen LogP contribution < -0.4 is 5.32 Å². The fourth-order valence-electron chi connectivity index (χ4n) is 3.84. The number of nitrogens with zero attached hydrogens (tertiary/aromatic N) is 1. The molecule has 3 aliphatic rings. The zero-order valence-electron chi connectivity index (χ0n) is 15.7. The lowest BCUT2D eigenvalue weighted by molar-refractivity contribution is -0.142. The number of ether oxygens (including phenoxy) is 2. The van der Waals surface area contributed by atoms with Crippen LogP contribution in [0.1, 0.15) is 46.5 Å². The molecule has 4 atom stereocenters. The third-order valence-corrected chi connectivity index (χ3v) is 4.98. The highest BCUT2D eigenvalue weighted by molar-refractivity contribution is 6.06. The third-order valence-electron chi connectivity index (χ3n) is 4.98. The van der Waals surface area contributed by atoms with Crippen molar-refractivity contribution in [2.24, 2.45) is 11.8 Å². The van der Waals surface area contributed by atoms with E-state index in [9.17, 15) is 14.4 Å². The quantitative estimate of drug-likeness (QED) is 0.424. The van der Waals surface area contributed by atoms with E-state index in [1.54, 1.807) is 0 Å². The van der Waals surface area contributed by atoms with E-state index in [1.807, 2.05) is 32.9 Å². The van der Waals surface area contributed by atoms with Gasteiger partial charge in [0.1, 0.15) is 5.60 Å². The highest BCUT2D eigenvalue weighted by Crippen LogP contribution is 2.45. The van der Waals surface area contributed by atoms with Crippen molar-refractivity contribution in [2.75, 3.05) is 13.1 Å². The molecule has 3 rings (SSSR count). The molecule has 0 radical (unpaired) electrons. The lowest BCUT2D eigenvalue weighted by Gasteiger charge is -2.19. The Labute approximate surface area is 154 Å². The van der Waals surface area contributed by atoms with Gasteiger partial charge in [-0.1, -0.05) is 25.0 Å². The highest BCUT2D eigenvalue weighted by atomic mass is 16.6. The molecule has 7 heteroatoms. The maximum Gasteiger partial charge on any atom is 0.407 e. The van der Waals surface area contributed by atoms with Gasteiger partial charge in [0.05, 0.1) is 24.0 Å². The van der Waals surface area contributed by atoms with Crippen LogP contribution in [-0.2, 0) is 19.1 Å². The molecule has 0 aliphatic carbocycles. The molecule has 2 bridgehead atoms. The molecule has 0 aromatic rings. The van der Waals surface area contributed by atoms with Gasteiger partial charge in [-0.15, -0.1) is 0 Å². The van der Waals surface area contributed by atoms with Gasteiger partial charge in [0.25, 0.3) is 0 Å². The molecule has 0 aromatic heterocycles. The monoisotopic (exact) mass is 364 g/mol. The summed E-state index contributed by atoms with van der Waals surface area (Å²) in [5.74, 6) is -0.780. The maximum atomic E-state index is 12.5. The van der Waals surface area contributed by atoms with Crippen molar-refractivity contribution in [3.05, 3.63) is 12.2 Å². The summed E-state index contributed by atoms with van der Waals surface area (Å²) in [6.45, 7) is 6.52. The fraction of sp³-hybridized carbons (Fsp3) is 0.737. The molecule has 3 aliphatic heterocycles. The topological polar surface area (TPSA) is 84.9 Å². The second-order valence-corrected chi connectivity index (χ2v) is 8.17. The van der Waals surface area contributed by atoms with Crippen LogP contribution in [0.4, 0.5) is 4.79 Å². The van der Waals surface area contributed by atoms with Gasteiger partial charge < -0.3 is 14.8 Å². The fourth-order valence-corrected chi connectivity index (χ4v) is 3.84. The number of hydrogen-bond donors (Lipinski definition) is 1. The zero-order valence-corrected chi connectivity index (χ0v) is 15.7. The van der Waals surface area contributed by atoms with Crippen LogP contribution in [0.2, 0.25) is 0 Å². The zero-order chi connectivity index (χ0) is 18.9. The van der Waals surface area contributed by atoms with Gasteiger partial charge in [0, 0.05) is 13.1 Å². The van der Waals surface area contributed by atoms with Crippen LogP contribution in [0.15, 0.2) is 12.2 Å². The molecule has 2 saturated heterocycles. The first-order valence-electron chi connectivity index (χ1n) is 9.44. The maximum absolute atomic E-state index is 12.5. The van der Waals surface area contributed by atoms with Crippen molar-refractivity contribution in [3.63, 3.8) is 0 Å². The standard InChI is InChI=1S/C19H28N2O5/c1-19(2,3)26-18(24)20-10-6-4-5-7-11-21-16(22)14-12-8-9-13(25-12)15(14)17(21)23/h8-9,12-15H,4-7,10-11H2,1-3H3,(H,20,24)/t12-,13+,14-,15+. The largest absolute Gasteiger partial charge is 0.444 e. The number of fused-ring (bicyclic) bond motifs is 5. The summed E-state index contributed by atoms with van der Waals surface area (Å²) in [6, 6.07) is 0. The van der Waals surface area contributed by atoms with Gasteiger partial charge in [-0.05, 0) is 33.6 Å². The molecule has 3 amide bonds. The molecule has 26 heavy (non-hydrogen) atoms. The summed E-state index contributed by atoms with van der Waals surface area (Å²) < 4.78 is 10.8. The first-order chi connectivity index (χ1) is 12.3. The summed E-state index contributed by atoms with van der Waals surface area (Å²) in [5, 5.41) is 2.73. The molecule has 3 heterocycles. The molecule has 144 valence electrons. The predicted octanol–water partition coefficient (Wildman–Crippen LogP) is 2.01. The second-order valence-electron chi connectivity index (χ2n) is 8.17. The lowest BCUT2D eigenvalue weighted by atomic mass is 9.85. The van der Waals surface area contributed by atoms with Gasteiger partial charge in [0.2, 0.25) is 11.8 Å². The number of carbonyl (C=O) groups is 3. The first-order valence-corrected chi connectivity index (χ1v) is 9.44. The minimum absolute atomic E-state index is 0.0801. The molecule has 0 unspecified atom stereocenters. The number of nitrogens with one attached hydrogen (secondary N) is 1. The first kappa shape index (κ1) is 18.9. The van der Waals surface area contributed by atoms with E-state index in [4.69, 9.17) is 9.47 Å². The summed E-state index contributed by atoms with van der Waals surface area (Å²) in [6.07, 6.45) is 6.43. The van der Waals surface area contributed by atoms with E-state index in [0.29, 0.717) is 13.1 Å². The number of unbranched alkanes of at least 4 members (excludes halogenated alkanes) is 3. The number of amides is 3. The van der Waals surface area contributed by atoms with Crippen LogP contribution >= 0.6 is 0 Å². The number of imide groups is 1. The summed E-state index contributed by atoms with van der Waals surface area (Å²) >= 11 is 0. The summed E-state index contributed by atoms with van der Waals surface area (Å²) in [5.41, 5.74) is -0.489. The Hall–Kier alpha value is -1.89. The number of hydrogen-bond acceptors (Lipinski definition) is 5. The minimum Gasteiger partial charge on any atom is -0.444 e. The normalized spacial score (nSPS) is 29.4. The van der Waals surface area contributed by atoms with Gasteiger partial charge in [-0.3, -0.25) is 14.5 Å². The van der Waals surface area contributed by atoms with Crippen LogP contribution in [0, 0.1) is 11.8 Å². The van der Waals surface area contributed by atoms with Crippen molar-refractivity contribution in [1.82, 2.24) is 10.2 Å². The van der Waals surface area contributed by atoms with Gasteiger partial charge in [0.15, 0.2) is 0 Å². The summed E-state index contributed by atoms with van der Waals surface area (Å²) in [7, 11) is 0. The van der Waals surface area contributed by atoms with Gasteiger partial charge in [-0.2, -0.15) is 0 Å². The van der Waals surface area contributed by atoms with E-state index in [1.165, 1.54) is 4.90 Å². The van der Waals surface area contributed by atoms with Crippen molar-refractivity contribution in [2.45, 2.75) is 64.3 Å². The van der Waals surface area contributed by atoms with Crippen LogP contribution in [0.25, 0.3) is 0 Å². The lowest BCUT2D eigenvalue weighted by Crippen LogP contribution is -2.35. The van der Waals surface area contributed by atoms with Crippen molar-refractivity contribution in [1.29, 1.82) is 0 Å². The van der Waals surface area contributed by atoms with Crippen molar-refractivity contribution in [3.8, 4) is 0 Å². The highest BCUT2D eigenvalue weighted by Gasteiger charge is 2.60. The number of likely N-dealkylation sites (tertiary alicyclic amines) is 1. The Morgan fingerprint density at radius 1 is 1.08 bits per heavy atom. The number of carbonyl (C=O) groups excluding carboxylic acids is 3. The van der Waals surface area contributed by atoms with E-state index >= 15 is 0 Å². The van der Waals surface area contributed by atoms with Crippen molar-refractivity contribution < 1.29 is 23.9 Å². The Kier molecular flexibility index (Phi) is 5.37. The molecule has 1 N–H and O–H groups in total. The Bertz CT molecular complexity index is 580. The molecular formula is C19H28N2O5. The molecule has 7 nitrogen and oxygen atoms in total. The summed E-state index contributed by atoms with van der Waals surface area (Å²) in [4.78, 5) is 37.9. The molecule has 0 saturated carbocycles. The predicted molar refractivity (Wildman–Crippen MR) is 94.2 cm³/mol. The molecule has 2 fully saturated rings. The number of rotatable bonds is 7. The van der Waals surface area contributed by atoms with Crippen LogP contribution in [0.5, 0.6) is 0 Å². The Morgan fingerprint density at radius 3 is 2.23 bits per heavy atom. The average Bonchev–Trinajstić information content (AvgIpc) is 3.21. The SMILES string of the molecule is CC(C)(C)OC(=O)NCCCCCCN1C(=O)[C@@H]2[C@H](C1=O)[C@H]1C=C[C@@H]2O1. The minimum atomic E-state index is -0.489. The molecule has 0 aromatic carbocycles.